The molecule has 1 fully saturated rings. The fourth-order valence-electron chi connectivity index (χ4n) is 3.57. The van der Waals surface area contributed by atoms with Crippen LogP contribution in [-0.2, 0) is 14.4 Å². The Morgan fingerprint density at radius 3 is 2.72 bits per heavy atom. The summed E-state index contributed by atoms with van der Waals surface area (Å²) in [6.07, 6.45) is 2.70. The van der Waals surface area contributed by atoms with Crippen molar-refractivity contribution in [1.29, 1.82) is 0 Å². The van der Waals surface area contributed by atoms with Crippen molar-refractivity contribution in [1.82, 2.24) is 4.98 Å². The molecular weight excluding hydrogens is 372 g/mol. The van der Waals surface area contributed by atoms with E-state index in [0.29, 0.717) is 30.1 Å². The second-order valence-electron chi connectivity index (χ2n) is 7.00. The number of rotatable bonds is 5. The molecular formula is C21H22N4O4. The van der Waals surface area contributed by atoms with Crippen molar-refractivity contribution >= 4 is 34.9 Å². The molecule has 1 aromatic heterocycles. The minimum Gasteiger partial charge on any atom is -0.481 e. The first-order valence-electron chi connectivity index (χ1n) is 9.70. The lowest BCUT2D eigenvalue weighted by Crippen LogP contribution is -2.48. The van der Waals surface area contributed by atoms with E-state index in [4.69, 9.17) is 4.74 Å². The number of nitrogens with zero attached hydrogens (tertiary/aromatic N) is 3. The van der Waals surface area contributed by atoms with Gasteiger partial charge in [0.05, 0.1) is 5.69 Å². The summed E-state index contributed by atoms with van der Waals surface area (Å²) in [5.74, 6) is 0.481. The van der Waals surface area contributed by atoms with Crippen molar-refractivity contribution in [3.05, 3.63) is 42.6 Å². The van der Waals surface area contributed by atoms with E-state index in [1.807, 2.05) is 19.1 Å². The van der Waals surface area contributed by atoms with Crippen LogP contribution in [0.1, 0.15) is 26.2 Å². The first-order valence-corrected chi connectivity index (χ1v) is 9.70. The van der Waals surface area contributed by atoms with Gasteiger partial charge >= 0.3 is 0 Å². The Hall–Kier alpha value is -3.42. The third kappa shape index (κ3) is 3.78. The van der Waals surface area contributed by atoms with Crippen LogP contribution in [0, 0.1) is 0 Å². The monoisotopic (exact) mass is 394 g/mol. The maximum Gasteiger partial charge on any atom is 0.269 e. The largest absolute Gasteiger partial charge is 0.481 e. The van der Waals surface area contributed by atoms with E-state index < -0.39 is 6.10 Å². The highest BCUT2D eigenvalue weighted by Gasteiger charge is 2.33. The lowest BCUT2D eigenvalue weighted by Gasteiger charge is -2.30. The molecule has 2 aliphatic heterocycles. The Morgan fingerprint density at radius 2 is 2.03 bits per heavy atom. The van der Waals surface area contributed by atoms with E-state index in [9.17, 15) is 14.4 Å². The zero-order valence-corrected chi connectivity index (χ0v) is 16.1. The topological polar surface area (TPSA) is 91.8 Å². The van der Waals surface area contributed by atoms with E-state index >= 15 is 0 Å². The molecule has 1 unspecified atom stereocenters. The van der Waals surface area contributed by atoms with E-state index in [1.54, 1.807) is 35.4 Å². The molecule has 29 heavy (non-hydrogen) atoms. The molecule has 1 aromatic carbocycles. The van der Waals surface area contributed by atoms with Crippen LogP contribution < -0.4 is 19.9 Å². The maximum atomic E-state index is 13.1. The van der Waals surface area contributed by atoms with Gasteiger partial charge in [-0.2, -0.15) is 0 Å². The number of carbonyl (C=O) groups is 3. The van der Waals surface area contributed by atoms with Crippen LogP contribution in [0.3, 0.4) is 0 Å². The van der Waals surface area contributed by atoms with Gasteiger partial charge < -0.3 is 15.0 Å². The molecule has 8 heteroatoms. The van der Waals surface area contributed by atoms with Crippen molar-refractivity contribution in [3.63, 3.8) is 0 Å². The van der Waals surface area contributed by atoms with E-state index in [-0.39, 0.29) is 24.3 Å². The molecule has 150 valence electrons. The average Bonchev–Trinajstić information content (AvgIpc) is 3.17. The zero-order valence-electron chi connectivity index (χ0n) is 16.1. The smallest absolute Gasteiger partial charge is 0.269 e. The highest BCUT2D eigenvalue weighted by atomic mass is 16.5. The van der Waals surface area contributed by atoms with Crippen molar-refractivity contribution < 1.29 is 19.1 Å². The second-order valence-corrected chi connectivity index (χ2v) is 7.00. The summed E-state index contributed by atoms with van der Waals surface area (Å²) in [7, 11) is 0. The Bertz CT molecular complexity index is 944. The summed E-state index contributed by atoms with van der Waals surface area (Å²) in [6, 6.07) is 10.6. The van der Waals surface area contributed by atoms with Crippen LogP contribution in [0.25, 0.3) is 0 Å². The number of ether oxygens (including phenoxy) is 1. The maximum absolute atomic E-state index is 13.1. The van der Waals surface area contributed by atoms with Gasteiger partial charge in [0.1, 0.15) is 12.3 Å². The molecule has 0 spiro atoms. The minimum atomic E-state index is -0.755. The summed E-state index contributed by atoms with van der Waals surface area (Å²) in [5, 5.41) is 2.72. The molecule has 0 saturated carbocycles. The van der Waals surface area contributed by atoms with Gasteiger partial charge in [-0.15, -0.1) is 0 Å². The quantitative estimate of drug-likeness (QED) is 0.841. The normalized spacial score (nSPS) is 17.0. The van der Waals surface area contributed by atoms with E-state index in [0.717, 1.165) is 18.7 Å². The molecule has 2 aromatic rings. The Balaban J connectivity index is 1.50. The number of carbonyl (C=O) groups excluding carboxylic acids is 3. The minimum absolute atomic E-state index is 0.0985. The molecule has 3 heterocycles. The van der Waals surface area contributed by atoms with Gasteiger partial charge in [-0.25, -0.2) is 4.98 Å². The zero-order chi connectivity index (χ0) is 20.4. The van der Waals surface area contributed by atoms with Gasteiger partial charge in [-0.3, -0.25) is 19.3 Å². The average molecular weight is 394 g/mol. The van der Waals surface area contributed by atoms with Crippen LogP contribution in [-0.4, -0.2) is 41.9 Å². The molecule has 1 N–H and O–H groups in total. The van der Waals surface area contributed by atoms with Gasteiger partial charge in [0.15, 0.2) is 11.9 Å². The fourth-order valence-corrected chi connectivity index (χ4v) is 3.57. The van der Waals surface area contributed by atoms with E-state index in [1.165, 1.54) is 4.90 Å². The van der Waals surface area contributed by atoms with Gasteiger partial charge in [-0.1, -0.05) is 6.92 Å². The number of nitrogens with one attached hydrogen (secondary N) is 1. The van der Waals surface area contributed by atoms with Crippen molar-refractivity contribution in [3.8, 4) is 5.75 Å². The number of fused-ring (bicyclic) bond motifs is 1. The highest BCUT2D eigenvalue weighted by Crippen LogP contribution is 2.29. The summed E-state index contributed by atoms with van der Waals surface area (Å²) in [6.45, 7) is 2.47. The molecule has 2 aliphatic rings. The van der Waals surface area contributed by atoms with Gasteiger partial charge in [0.25, 0.3) is 5.91 Å². The summed E-state index contributed by atoms with van der Waals surface area (Å²) >= 11 is 0. The molecule has 0 radical (unpaired) electrons. The fraction of sp³-hybridized carbons (Fsp3) is 0.333. The van der Waals surface area contributed by atoms with Crippen LogP contribution in [0.5, 0.6) is 5.75 Å². The number of aromatic nitrogens is 1. The van der Waals surface area contributed by atoms with Crippen LogP contribution in [0.15, 0.2) is 42.6 Å². The van der Waals surface area contributed by atoms with Crippen molar-refractivity contribution in [2.24, 2.45) is 0 Å². The molecule has 3 amide bonds. The molecule has 0 aliphatic carbocycles. The van der Waals surface area contributed by atoms with Gasteiger partial charge in [0, 0.05) is 24.8 Å². The lowest BCUT2D eigenvalue weighted by molar-refractivity contribution is -0.127. The summed E-state index contributed by atoms with van der Waals surface area (Å²) in [5.41, 5.74) is 1.33. The number of hydrogen-bond donors (Lipinski definition) is 1. The third-order valence-electron chi connectivity index (χ3n) is 5.03. The second kappa shape index (κ2) is 7.90. The summed E-state index contributed by atoms with van der Waals surface area (Å²) < 4.78 is 5.92. The van der Waals surface area contributed by atoms with Gasteiger partial charge in [-0.05, 0) is 49.2 Å². The van der Waals surface area contributed by atoms with Crippen molar-refractivity contribution in [2.75, 3.05) is 28.2 Å². The predicted octanol–water partition coefficient (Wildman–Crippen LogP) is 2.35. The molecule has 1 atom stereocenters. The molecule has 8 nitrogen and oxygen atoms in total. The number of anilines is 3. The molecule has 1 saturated heterocycles. The number of pyridine rings is 1. The summed E-state index contributed by atoms with van der Waals surface area (Å²) in [4.78, 5) is 44.3. The number of amides is 3. The standard InChI is InChI=1S/C21H22N4O4/c1-2-17(21(28)25-13-18(26)23-16-5-3-11-22-20(16)25)29-15-9-7-14(8-10-15)24-12-4-6-19(24)27/h3,5,7-11,17H,2,4,6,12-13H2,1H3,(H,23,26). The van der Waals surface area contributed by atoms with Crippen LogP contribution in [0.4, 0.5) is 17.2 Å². The number of hydrogen-bond acceptors (Lipinski definition) is 5. The van der Waals surface area contributed by atoms with Crippen LogP contribution >= 0.6 is 0 Å². The Labute approximate surface area is 168 Å². The lowest BCUT2D eigenvalue weighted by atomic mass is 10.2. The van der Waals surface area contributed by atoms with E-state index in [2.05, 4.69) is 10.3 Å². The first kappa shape index (κ1) is 18.9. The Kier molecular flexibility index (Phi) is 5.16. The third-order valence-corrected chi connectivity index (χ3v) is 5.03. The number of benzene rings is 1. The van der Waals surface area contributed by atoms with Crippen molar-refractivity contribution in [2.45, 2.75) is 32.3 Å². The predicted molar refractivity (Wildman–Crippen MR) is 108 cm³/mol. The van der Waals surface area contributed by atoms with Gasteiger partial charge in [0.2, 0.25) is 11.8 Å². The van der Waals surface area contributed by atoms with Crippen LogP contribution in [0.2, 0.25) is 0 Å². The highest BCUT2D eigenvalue weighted by molar-refractivity contribution is 6.10. The molecule has 4 rings (SSSR count). The Morgan fingerprint density at radius 1 is 1.24 bits per heavy atom. The first-order chi connectivity index (χ1) is 14.1. The molecule has 0 bridgehead atoms. The SMILES string of the molecule is CCC(Oc1ccc(N2CCCC2=O)cc1)C(=O)N1CC(=O)Nc2cccnc21.